The van der Waals surface area contributed by atoms with Gasteiger partial charge in [0.1, 0.15) is 6.61 Å². The van der Waals surface area contributed by atoms with Crippen LogP contribution in [0, 0.1) is 17.7 Å². The molecule has 1 aromatic heterocycles. The molecule has 2 aromatic rings. The number of aliphatic hydroxyl groups excluding tert-OH is 1. The first-order valence-corrected chi connectivity index (χ1v) is 6.29. The second-order valence-corrected chi connectivity index (χ2v) is 4.40. The summed E-state index contributed by atoms with van der Waals surface area (Å²) in [5, 5.41) is 11.7. The van der Waals surface area contributed by atoms with Crippen LogP contribution in [-0.2, 0) is 0 Å². The number of nitrogens with zero attached hydrogens (tertiary/aromatic N) is 1. The number of hydrogen-bond donors (Lipinski definition) is 2. The normalized spacial score (nSPS) is 9.67. The summed E-state index contributed by atoms with van der Waals surface area (Å²) in [7, 11) is 0. The fraction of sp³-hybridized carbons (Fsp3) is 0.0667. The van der Waals surface area contributed by atoms with Crippen LogP contribution >= 0.6 is 11.6 Å². The highest BCUT2D eigenvalue weighted by Crippen LogP contribution is 2.21. The molecule has 0 atom stereocenters. The second-order valence-electron chi connectivity index (χ2n) is 3.96. The number of rotatable bonds is 2. The van der Waals surface area contributed by atoms with Crippen LogP contribution in [0.1, 0.15) is 15.9 Å². The first-order valence-electron chi connectivity index (χ1n) is 5.92. The van der Waals surface area contributed by atoms with Gasteiger partial charge in [0.05, 0.1) is 17.4 Å². The van der Waals surface area contributed by atoms with E-state index in [1.54, 1.807) is 18.2 Å². The second kappa shape index (κ2) is 6.84. The zero-order valence-electron chi connectivity index (χ0n) is 10.7. The van der Waals surface area contributed by atoms with E-state index in [9.17, 15) is 9.18 Å². The van der Waals surface area contributed by atoms with Crippen molar-refractivity contribution in [3.05, 3.63) is 58.6 Å². The largest absolute Gasteiger partial charge is 0.384 e. The Hall–Kier alpha value is -2.42. The predicted molar refractivity (Wildman–Crippen MR) is 77.6 cm³/mol. The van der Waals surface area contributed by atoms with Gasteiger partial charge in [-0.15, -0.1) is 0 Å². The smallest absolute Gasteiger partial charge is 0.258 e. The Morgan fingerprint density at radius 3 is 2.95 bits per heavy atom. The van der Waals surface area contributed by atoms with E-state index in [0.717, 1.165) is 6.20 Å². The van der Waals surface area contributed by atoms with E-state index in [1.165, 1.54) is 12.3 Å². The zero-order valence-corrected chi connectivity index (χ0v) is 11.5. The summed E-state index contributed by atoms with van der Waals surface area (Å²) in [6.07, 6.45) is 2.29. The molecule has 0 aliphatic rings. The highest BCUT2D eigenvalue weighted by molar-refractivity contribution is 6.30. The fourth-order valence-corrected chi connectivity index (χ4v) is 1.78. The Kier molecular flexibility index (Phi) is 4.88. The van der Waals surface area contributed by atoms with E-state index in [2.05, 4.69) is 22.1 Å². The van der Waals surface area contributed by atoms with Gasteiger partial charge in [0.25, 0.3) is 5.91 Å². The molecule has 2 N–H and O–H groups in total. The average Bonchev–Trinajstić information content (AvgIpc) is 2.47. The number of benzene rings is 1. The van der Waals surface area contributed by atoms with Crippen LogP contribution in [0.15, 0.2) is 36.7 Å². The Morgan fingerprint density at radius 1 is 1.43 bits per heavy atom. The third kappa shape index (κ3) is 3.78. The monoisotopic (exact) mass is 304 g/mol. The van der Waals surface area contributed by atoms with Gasteiger partial charge < -0.3 is 10.4 Å². The number of anilines is 1. The number of amides is 1. The molecule has 106 valence electrons. The van der Waals surface area contributed by atoms with Gasteiger partial charge in [0.2, 0.25) is 0 Å². The van der Waals surface area contributed by atoms with Gasteiger partial charge >= 0.3 is 0 Å². The van der Waals surface area contributed by atoms with Crippen LogP contribution in [0.5, 0.6) is 0 Å². The molecule has 0 radical (unpaired) electrons. The molecule has 1 amide bonds. The maximum absolute atomic E-state index is 13.5. The molecule has 6 heteroatoms. The highest BCUT2D eigenvalue weighted by Gasteiger charge is 2.13. The molecular weight excluding hydrogens is 295 g/mol. The molecular formula is C15H10ClFN2O2. The molecule has 0 bridgehead atoms. The minimum absolute atomic E-state index is 0.124. The molecule has 0 aliphatic carbocycles. The van der Waals surface area contributed by atoms with E-state index < -0.39 is 11.7 Å². The number of carbonyl (C=O) groups is 1. The van der Waals surface area contributed by atoms with Gasteiger partial charge in [-0.05, 0) is 24.3 Å². The standard InChI is InChI=1S/C15H10ClFN2O2/c16-11-3-4-14(10(8-11)2-1-7-20)19-15(21)12-5-6-18-9-13(12)17/h3-6,8-9,20H,7H2,(H,19,21). The number of aliphatic hydroxyl groups is 1. The Bertz CT molecular complexity index is 738. The fourth-order valence-electron chi connectivity index (χ4n) is 1.61. The number of halogens is 2. The van der Waals surface area contributed by atoms with Gasteiger partial charge in [-0.2, -0.15) is 0 Å². The minimum atomic E-state index is -0.716. The molecule has 0 unspecified atom stereocenters. The van der Waals surface area contributed by atoms with Gasteiger partial charge in [-0.25, -0.2) is 4.39 Å². The molecule has 2 rings (SSSR count). The molecule has 21 heavy (non-hydrogen) atoms. The number of pyridine rings is 1. The van der Waals surface area contributed by atoms with Crippen molar-refractivity contribution in [2.75, 3.05) is 11.9 Å². The molecule has 0 fully saturated rings. The summed E-state index contributed by atoms with van der Waals surface area (Å²) in [6.45, 7) is -0.321. The molecule has 0 aliphatic heterocycles. The summed E-state index contributed by atoms with van der Waals surface area (Å²) >= 11 is 5.86. The number of hydrogen-bond acceptors (Lipinski definition) is 3. The van der Waals surface area contributed by atoms with Crippen LogP contribution in [0.25, 0.3) is 0 Å². The average molecular weight is 305 g/mol. The summed E-state index contributed by atoms with van der Waals surface area (Å²) in [4.78, 5) is 15.6. The van der Waals surface area contributed by atoms with Crippen molar-refractivity contribution in [3.63, 3.8) is 0 Å². The van der Waals surface area contributed by atoms with Crippen LogP contribution in [0.2, 0.25) is 5.02 Å². The van der Waals surface area contributed by atoms with Crippen LogP contribution in [0.4, 0.5) is 10.1 Å². The Labute approximate surface area is 125 Å². The molecule has 0 spiro atoms. The molecule has 1 heterocycles. The SMILES string of the molecule is O=C(Nc1ccc(Cl)cc1C#CCO)c1ccncc1F. The first-order chi connectivity index (χ1) is 10.1. The van der Waals surface area contributed by atoms with E-state index in [0.29, 0.717) is 16.3 Å². The molecule has 0 saturated carbocycles. The van der Waals surface area contributed by atoms with Crippen molar-refractivity contribution in [3.8, 4) is 11.8 Å². The minimum Gasteiger partial charge on any atom is -0.384 e. The van der Waals surface area contributed by atoms with Crippen LogP contribution < -0.4 is 5.32 Å². The summed E-state index contributed by atoms with van der Waals surface area (Å²) in [5.74, 6) is 3.80. The lowest BCUT2D eigenvalue weighted by atomic mass is 10.1. The Balaban J connectivity index is 2.31. The maximum Gasteiger partial charge on any atom is 0.258 e. The van der Waals surface area contributed by atoms with E-state index in [1.807, 2.05) is 0 Å². The number of nitrogens with one attached hydrogen (secondary N) is 1. The zero-order chi connectivity index (χ0) is 15.2. The first kappa shape index (κ1) is 15.0. The summed E-state index contributed by atoms with van der Waals surface area (Å²) in [6, 6.07) is 5.95. The number of aromatic nitrogens is 1. The van der Waals surface area contributed by atoms with Crippen molar-refractivity contribution in [2.45, 2.75) is 0 Å². The predicted octanol–water partition coefficient (Wildman–Crippen LogP) is 2.47. The Morgan fingerprint density at radius 2 is 2.24 bits per heavy atom. The van der Waals surface area contributed by atoms with Crippen molar-refractivity contribution < 1.29 is 14.3 Å². The van der Waals surface area contributed by atoms with Crippen molar-refractivity contribution in [1.29, 1.82) is 0 Å². The van der Waals surface area contributed by atoms with Crippen molar-refractivity contribution in [2.24, 2.45) is 0 Å². The van der Waals surface area contributed by atoms with Gasteiger partial charge in [-0.1, -0.05) is 23.4 Å². The van der Waals surface area contributed by atoms with Crippen molar-refractivity contribution >= 4 is 23.2 Å². The maximum atomic E-state index is 13.5. The summed E-state index contributed by atoms with van der Waals surface area (Å²) < 4.78 is 13.5. The van der Waals surface area contributed by atoms with Crippen LogP contribution in [0.3, 0.4) is 0 Å². The lowest BCUT2D eigenvalue weighted by Crippen LogP contribution is -2.14. The van der Waals surface area contributed by atoms with Crippen LogP contribution in [-0.4, -0.2) is 22.6 Å². The van der Waals surface area contributed by atoms with Gasteiger partial charge in [0, 0.05) is 16.8 Å². The van der Waals surface area contributed by atoms with Gasteiger partial charge in [0.15, 0.2) is 5.82 Å². The summed E-state index contributed by atoms with van der Waals surface area (Å²) in [5.41, 5.74) is 0.682. The lowest BCUT2D eigenvalue weighted by Gasteiger charge is -2.08. The highest BCUT2D eigenvalue weighted by atomic mass is 35.5. The van der Waals surface area contributed by atoms with E-state index >= 15 is 0 Å². The topological polar surface area (TPSA) is 62.2 Å². The van der Waals surface area contributed by atoms with E-state index in [-0.39, 0.29) is 12.2 Å². The van der Waals surface area contributed by atoms with E-state index in [4.69, 9.17) is 16.7 Å². The quantitative estimate of drug-likeness (QED) is 0.838. The number of carbonyl (C=O) groups excluding carboxylic acids is 1. The van der Waals surface area contributed by atoms with Crippen molar-refractivity contribution in [1.82, 2.24) is 4.98 Å². The molecule has 1 aromatic carbocycles. The van der Waals surface area contributed by atoms with Gasteiger partial charge in [-0.3, -0.25) is 9.78 Å². The molecule has 0 saturated heterocycles. The lowest BCUT2D eigenvalue weighted by molar-refractivity contribution is 0.102. The third-order valence-electron chi connectivity index (χ3n) is 2.55. The third-order valence-corrected chi connectivity index (χ3v) is 2.78. The molecule has 4 nitrogen and oxygen atoms in total.